The first kappa shape index (κ1) is 19.4. The Kier molecular flexibility index (Phi) is 5.21. The van der Waals surface area contributed by atoms with Gasteiger partial charge in [0, 0.05) is 35.9 Å². The number of pyridine rings is 1. The van der Waals surface area contributed by atoms with Crippen LogP contribution in [-0.2, 0) is 11.3 Å². The summed E-state index contributed by atoms with van der Waals surface area (Å²) in [4.78, 5) is 30.3. The van der Waals surface area contributed by atoms with Gasteiger partial charge in [0.25, 0.3) is 5.56 Å². The van der Waals surface area contributed by atoms with E-state index in [0.29, 0.717) is 41.4 Å². The van der Waals surface area contributed by atoms with Crippen LogP contribution in [-0.4, -0.2) is 42.0 Å². The number of aromatic amines is 1. The van der Waals surface area contributed by atoms with E-state index in [1.807, 2.05) is 36.4 Å². The van der Waals surface area contributed by atoms with Crippen LogP contribution in [0.3, 0.4) is 0 Å². The van der Waals surface area contributed by atoms with Crippen LogP contribution >= 0.6 is 0 Å². The van der Waals surface area contributed by atoms with Crippen molar-refractivity contribution in [3.05, 3.63) is 64.4 Å². The molecule has 3 aromatic rings. The number of anilines is 1. The van der Waals surface area contributed by atoms with Gasteiger partial charge in [-0.15, -0.1) is 0 Å². The number of fused-ring (bicyclic) bond motifs is 2. The molecule has 2 aromatic carbocycles. The monoisotopic (exact) mass is 421 g/mol. The Morgan fingerprint density at radius 1 is 1.13 bits per heavy atom. The van der Waals surface area contributed by atoms with Crippen molar-refractivity contribution >= 4 is 22.6 Å². The van der Waals surface area contributed by atoms with Gasteiger partial charge in [-0.25, -0.2) is 4.79 Å². The Morgan fingerprint density at radius 3 is 2.71 bits per heavy atom. The molecule has 1 atom stereocenters. The van der Waals surface area contributed by atoms with E-state index in [9.17, 15) is 9.59 Å². The van der Waals surface area contributed by atoms with Crippen molar-refractivity contribution in [2.24, 2.45) is 0 Å². The van der Waals surface area contributed by atoms with Crippen LogP contribution in [0.5, 0.6) is 11.5 Å². The van der Waals surface area contributed by atoms with Crippen molar-refractivity contribution in [1.29, 1.82) is 0 Å². The average molecular weight is 421 g/mol. The number of ether oxygens (including phenoxy) is 3. The summed E-state index contributed by atoms with van der Waals surface area (Å²) in [5.74, 6) is 1.25. The fourth-order valence-electron chi connectivity index (χ4n) is 3.94. The number of nitrogens with one attached hydrogen (secondary N) is 2. The minimum Gasteiger partial charge on any atom is -0.454 e. The summed E-state index contributed by atoms with van der Waals surface area (Å²) < 4.78 is 16.6. The van der Waals surface area contributed by atoms with Gasteiger partial charge in [-0.1, -0.05) is 18.2 Å². The summed E-state index contributed by atoms with van der Waals surface area (Å²) in [6, 6.07) is 14.4. The lowest BCUT2D eigenvalue weighted by Gasteiger charge is -2.25. The van der Waals surface area contributed by atoms with Gasteiger partial charge < -0.3 is 29.4 Å². The number of urea groups is 1. The summed E-state index contributed by atoms with van der Waals surface area (Å²) >= 11 is 0. The maximum absolute atomic E-state index is 13.0. The molecule has 8 nitrogen and oxygen atoms in total. The molecule has 3 heterocycles. The van der Waals surface area contributed by atoms with E-state index in [1.165, 1.54) is 0 Å². The molecule has 0 aliphatic carbocycles. The van der Waals surface area contributed by atoms with E-state index >= 15 is 0 Å². The van der Waals surface area contributed by atoms with Crippen molar-refractivity contribution in [2.45, 2.75) is 25.5 Å². The zero-order valence-electron chi connectivity index (χ0n) is 16.9. The molecule has 0 radical (unpaired) electrons. The number of nitrogens with zero attached hydrogens (tertiary/aromatic N) is 1. The SMILES string of the molecule is O=C(Nc1ccccc1)N(Cc1cc2cc3c(cc2[nH]c1=O)OCO3)CC1CCCO1. The van der Waals surface area contributed by atoms with E-state index < -0.39 is 0 Å². The van der Waals surface area contributed by atoms with Gasteiger partial charge in [0.2, 0.25) is 6.79 Å². The fraction of sp³-hybridized carbons (Fsp3) is 0.304. The van der Waals surface area contributed by atoms with Crippen LogP contribution in [0.25, 0.3) is 10.9 Å². The van der Waals surface area contributed by atoms with Gasteiger partial charge in [0.1, 0.15) is 0 Å². The molecule has 1 unspecified atom stereocenters. The predicted molar refractivity (Wildman–Crippen MR) is 116 cm³/mol. The van der Waals surface area contributed by atoms with Crippen LogP contribution in [0.15, 0.2) is 53.3 Å². The molecule has 1 aromatic heterocycles. The van der Waals surface area contributed by atoms with Crippen LogP contribution in [0.1, 0.15) is 18.4 Å². The molecule has 31 heavy (non-hydrogen) atoms. The number of rotatable bonds is 5. The number of para-hydroxylation sites is 1. The second kappa shape index (κ2) is 8.31. The highest BCUT2D eigenvalue weighted by atomic mass is 16.7. The Morgan fingerprint density at radius 2 is 1.94 bits per heavy atom. The lowest BCUT2D eigenvalue weighted by Crippen LogP contribution is -2.40. The predicted octanol–water partition coefficient (Wildman–Crippen LogP) is 3.47. The lowest BCUT2D eigenvalue weighted by atomic mass is 10.1. The maximum atomic E-state index is 13.0. The molecule has 5 rings (SSSR count). The van der Waals surface area contributed by atoms with Gasteiger partial charge in [0.05, 0.1) is 18.2 Å². The number of hydrogen-bond donors (Lipinski definition) is 2. The highest BCUT2D eigenvalue weighted by Crippen LogP contribution is 2.35. The third-order valence-corrected chi connectivity index (χ3v) is 5.54. The average Bonchev–Trinajstić information content (AvgIpc) is 3.44. The minimum atomic E-state index is -0.271. The molecular weight excluding hydrogens is 398 g/mol. The normalized spacial score (nSPS) is 17.1. The molecule has 0 spiro atoms. The number of benzene rings is 2. The molecular formula is C23H23N3O5. The van der Waals surface area contributed by atoms with Gasteiger partial charge in [-0.2, -0.15) is 0 Å². The van der Waals surface area contributed by atoms with Crippen LogP contribution in [0, 0.1) is 0 Å². The molecule has 2 aliphatic heterocycles. The second-order valence-corrected chi connectivity index (χ2v) is 7.73. The number of carbonyl (C=O) groups is 1. The first-order valence-electron chi connectivity index (χ1n) is 10.3. The summed E-state index contributed by atoms with van der Waals surface area (Å²) in [7, 11) is 0. The Hall–Kier alpha value is -3.52. The van der Waals surface area contributed by atoms with Crippen molar-refractivity contribution in [2.75, 3.05) is 25.3 Å². The summed E-state index contributed by atoms with van der Waals surface area (Å²) in [6.45, 7) is 1.44. The highest BCUT2D eigenvalue weighted by Gasteiger charge is 2.24. The smallest absolute Gasteiger partial charge is 0.322 e. The standard InChI is InChI=1S/C23H23N3O5/c27-22-16(9-15-10-20-21(31-14-30-20)11-19(15)25-22)12-26(13-18-7-4-8-29-18)23(28)24-17-5-2-1-3-6-17/h1-3,5-6,9-11,18H,4,7-8,12-14H2,(H,24,28)(H,25,27). The van der Waals surface area contributed by atoms with Crippen LogP contribution in [0.2, 0.25) is 0 Å². The Labute approximate surface area is 178 Å². The van der Waals surface area contributed by atoms with Crippen LogP contribution in [0.4, 0.5) is 10.5 Å². The van der Waals surface area contributed by atoms with Gasteiger partial charge in [0.15, 0.2) is 11.5 Å². The van der Waals surface area contributed by atoms with Gasteiger partial charge in [-0.05, 0) is 37.1 Å². The first-order chi connectivity index (χ1) is 15.2. The van der Waals surface area contributed by atoms with E-state index in [0.717, 1.165) is 18.2 Å². The second-order valence-electron chi connectivity index (χ2n) is 7.73. The molecule has 0 saturated carbocycles. The van der Waals surface area contributed by atoms with Gasteiger partial charge >= 0.3 is 6.03 Å². The van der Waals surface area contributed by atoms with Crippen molar-refractivity contribution in [1.82, 2.24) is 9.88 Å². The van der Waals surface area contributed by atoms with E-state index in [-0.39, 0.29) is 31.0 Å². The molecule has 0 bridgehead atoms. The van der Waals surface area contributed by atoms with Gasteiger partial charge in [-0.3, -0.25) is 4.79 Å². The Balaban J connectivity index is 1.42. The molecule has 160 valence electrons. The molecule has 2 amide bonds. The number of H-pyrrole nitrogens is 1. The van der Waals surface area contributed by atoms with E-state index in [1.54, 1.807) is 17.0 Å². The van der Waals surface area contributed by atoms with E-state index in [2.05, 4.69) is 10.3 Å². The quantitative estimate of drug-likeness (QED) is 0.658. The van der Waals surface area contributed by atoms with Crippen molar-refractivity contribution in [3.63, 3.8) is 0 Å². The zero-order chi connectivity index (χ0) is 21.2. The van der Waals surface area contributed by atoms with Crippen molar-refractivity contribution < 1.29 is 19.0 Å². The molecule has 2 aliphatic rings. The number of hydrogen-bond acceptors (Lipinski definition) is 5. The first-order valence-corrected chi connectivity index (χ1v) is 10.3. The number of amides is 2. The third kappa shape index (κ3) is 4.20. The summed E-state index contributed by atoms with van der Waals surface area (Å²) in [5.41, 5.74) is 1.62. The number of carbonyl (C=O) groups excluding carboxylic acids is 1. The zero-order valence-corrected chi connectivity index (χ0v) is 16.9. The molecule has 8 heteroatoms. The summed E-state index contributed by atoms with van der Waals surface area (Å²) in [5, 5.41) is 3.73. The fourth-order valence-corrected chi connectivity index (χ4v) is 3.94. The Bertz CT molecular complexity index is 1160. The lowest BCUT2D eigenvalue weighted by molar-refractivity contribution is 0.0818. The largest absolute Gasteiger partial charge is 0.454 e. The minimum absolute atomic E-state index is 0.0325. The van der Waals surface area contributed by atoms with Crippen molar-refractivity contribution in [3.8, 4) is 11.5 Å². The van der Waals surface area contributed by atoms with Crippen LogP contribution < -0.4 is 20.3 Å². The topological polar surface area (TPSA) is 92.9 Å². The third-order valence-electron chi connectivity index (χ3n) is 5.54. The molecule has 1 saturated heterocycles. The summed E-state index contributed by atoms with van der Waals surface area (Å²) in [6.07, 6.45) is 1.84. The molecule has 2 N–H and O–H groups in total. The highest BCUT2D eigenvalue weighted by molar-refractivity contribution is 5.89. The van der Waals surface area contributed by atoms with E-state index in [4.69, 9.17) is 14.2 Å². The maximum Gasteiger partial charge on any atom is 0.322 e. The number of aromatic nitrogens is 1. The molecule has 1 fully saturated rings.